The van der Waals surface area contributed by atoms with Gasteiger partial charge in [-0.05, 0) is 0 Å². The number of fused-ring (bicyclic) bond motifs is 1. The van der Waals surface area contributed by atoms with Gasteiger partial charge in [0.15, 0.2) is 0 Å². The van der Waals surface area contributed by atoms with E-state index in [2.05, 4.69) is 12.6 Å². The van der Waals surface area contributed by atoms with Crippen LogP contribution in [0.2, 0.25) is 0 Å². The first-order valence-corrected chi connectivity index (χ1v) is 6.78. The maximum absolute atomic E-state index is 12.2. The van der Waals surface area contributed by atoms with E-state index in [9.17, 15) is 5.21 Å². The van der Waals surface area contributed by atoms with Crippen LogP contribution in [0, 0.1) is 0 Å². The van der Waals surface area contributed by atoms with E-state index in [1.54, 1.807) is 0 Å². The number of hydrogen-bond acceptors (Lipinski definition) is 1. The molecule has 0 atom stereocenters. The molecule has 1 aromatic heterocycles. The summed E-state index contributed by atoms with van der Waals surface area (Å²) in [6.07, 6.45) is 1.92. The third-order valence-electron chi connectivity index (χ3n) is 3.18. The summed E-state index contributed by atoms with van der Waals surface area (Å²) in [6, 6.07) is 2.15. The van der Waals surface area contributed by atoms with Crippen LogP contribution in [-0.4, -0.2) is 19.6 Å². The monoisotopic (exact) mass is 270 g/mol. The predicted octanol–water partition coefficient (Wildman–Crippen LogP) is 2.52. The Labute approximate surface area is 96.9 Å². The fraction of sp³-hybridized carbons (Fsp3) is 0.500. The van der Waals surface area contributed by atoms with Crippen molar-refractivity contribution >= 4 is 20.6 Å². The Hall–Kier alpha value is -0.341. The number of hydrogen-bond donors (Lipinski definition) is 0. The molecule has 0 aromatic carbocycles. The number of hydroxylamine groups is 2. The normalized spacial score (nSPS) is 22.7. The predicted molar refractivity (Wildman–Crippen MR) is 62.1 cm³/mol. The second kappa shape index (κ2) is 3.08. The van der Waals surface area contributed by atoms with E-state index >= 15 is 0 Å². The van der Waals surface area contributed by atoms with Gasteiger partial charge in [-0.15, -0.1) is 0 Å². The number of nitrogens with zero attached hydrogens (tertiary/aromatic N) is 1. The van der Waals surface area contributed by atoms with Gasteiger partial charge in [-0.3, -0.25) is 0 Å². The van der Waals surface area contributed by atoms with Crippen molar-refractivity contribution in [3.8, 4) is 0 Å². The average molecular weight is 269 g/mol. The molecule has 2 rings (SSSR count). The Morgan fingerprint density at radius 1 is 1.33 bits per heavy atom. The van der Waals surface area contributed by atoms with Gasteiger partial charge in [0.1, 0.15) is 0 Å². The third-order valence-corrected chi connectivity index (χ3v) is 6.21. The van der Waals surface area contributed by atoms with Crippen molar-refractivity contribution in [1.29, 1.82) is 0 Å². The zero-order valence-corrected chi connectivity index (χ0v) is 11.3. The maximum atomic E-state index is 12.2. The zero-order chi connectivity index (χ0) is 11.4. The van der Waals surface area contributed by atoms with Crippen molar-refractivity contribution in [1.82, 2.24) is 5.06 Å². The molecule has 0 aliphatic carbocycles. The van der Waals surface area contributed by atoms with Gasteiger partial charge >= 0.3 is 96.7 Å². The fourth-order valence-corrected chi connectivity index (χ4v) is 4.94. The van der Waals surface area contributed by atoms with Gasteiger partial charge in [-0.1, -0.05) is 0 Å². The standard InChI is InChI=1S/C12H16NOSe/c1-6-8-7-9-10(15-8)12(4,5)13(14)11(9,2)3/h6-7H,1H2,2-5H3. The molecule has 81 valence electrons. The van der Waals surface area contributed by atoms with E-state index in [4.69, 9.17) is 0 Å². The van der Waals surface area contributed by atoms with Gasteiger partial charge in [0.25, 0.3) is 0 Å². The summed E-state index contributed by atoms with van der Waals surface area (Å²) in [7, 11) is 0. The summed E-state index contributed by atoms with van der Waals surface area (Å²) >= 11 is 0.289. The van der Waals surface area contributed by atoms with E-state index < -0.39 is 0 Å². The molecule has 0 spiro atoms. The Kier molecular flexibility index (Phi) is 2.29. The van der Waals surface area contributed by atoms with Crippen LogP contribution in [0.1, 0.15) is 42.1 Å². The molecule has 0 amide bonds. The molecular weight excluding hydrogens is 253 g/mol. The fourth-order valence-electron chi connectivity index (χ4n) is 2.32. The SMILES string of the molecule is C=Cc1cc2c([se]1)C(C)(C)N([O])C2(C)C. The second-order valence-corrected chi connectivity index (χ2v) is 7.28. The summed E-state index contributed by atoms with van der Waals surface area (Å²) in [5.41, 5.74) is 0.489. The first-order valence-electron chi connectivity index (χ1n) is 5.06. The summed E-state index contributed by atoms with van der Waals surface area (Å²) in [6.45, 7) is 11.9. The molecule has 1 aliphatic rings. The van der Waals surface area contributed by atoms with Crippen molar-refractivity contribution in [2.45, 2.75) is 38.8 Å². The van der Waals surface area contributed by atoms with Crippen LogP contribution >= 0.6 is 0 Å². The van der Waals surface area contributed by atoms with Crippen molar-refractivity contribution in [3.63, 3.8) is 0 Å². The van der Waals surface area contributed by atoms with Crippen LogP contribution in [0.3, 0.4) is 0 Å². The van der Waals surface area contributed by atoms with Gasteiger partial charge < -0.3 is 0 Å². The average Bonchev–Trinajstić information content (AvgIpc) is 2.64. The van der Waals surface area contributed by atoms with Crippen molar-refractivity contribution in [2.75, 3.05) is 0 Å². The first-order chi connectivity index (χ1) is 6.81. The van der Waals surface area contributed by atoms with E-state index in [-0.39, 0.29) is 25.6 Å². The van der Waals surface area contributed by atoms with Crippen LogP contribution in [0.15, 0.2) is 12.6 Å². The Morgan fingerprint density at radius 3 is 2.40 bits per heavy atom. The molecule has 0 N–H and O–H groups in total. The van der Waals surface area contributed by atoms with E-state index in [1.165, 1.54) is 19.5 Å². The van der Waals surface area contributed by atoms with Crippen LogP contribution in [0.25, 0.3) is 6.08 Å². The second-order valence-electron chi connectivity index (χ2n) is 5.01. The van der Waals surface area contributed by atoms with Crippen LogP contribution in [0.4, 0.5) is 0 Å². The summed E-state index contributed by atoms with van der Waals surface area (Å²) in [4.78, 5) is 0. The Morgan fingerprint density at radius 2 is 1.93 bits per heavy atom. The van der Waals surface area contributed by atoms with Gasteiger partial charge in [0.05, 0.1) is 0 Å². The quantitative estimate of drug-likeness (QED) is 0.718. The molecular formula is C12H16NOSe. The molecule has 1 radical (unpaired) electrons. The zero-order valence-electron chi connectivity index (χ0n) is 9.63. The van der Waals surface area contributed by atoms with Crippen molar-refractivity contribution < 1.29 is 5.21 Å². The van der Waals surface area contributed by atoms with Crippen LogP contribution in [-0.2, 0) is 16.3 Å². The third kappa shape index (κ3) is 1.31. The molecule has 0 bridgehead atoms. The Balaban J connectivity index is 2.66. The van der Waals surface area contributed by atoms with Gasteiger partial charge in [0, 0.05) is 0 Å². The summed E-state index contributed by atoms with van der Waals surface area (Å²) < 4.78 is 2.62. The molecule has 0 saturated heterocycles. The minimum absolute atomic E-state index is 0.289. The minimum atomic E-state index is -0.384. The van der Waals surface area contributed by atoms with Crippen molar-refractivity contribution in [3.05, 3.63) is 27.1 Å². The summed E-state index contributed by atoms with van der Waals surface area (Å²) in [5, 5.41) is 13.4. The molecule has 3 heteroatoms. The molecule has 15 heavy (non-hydrogen) atoms. The molecule has 2 nitrogen and oxygen atoms in total. The van der Waals surface area contributed by atoms with Crippen LogP contribution in [0.5, 0.6) is 0 Å². The van der Waals surface area contributed by atoms with E-state index in [0.717, 1.165) is 0 Å². The summed E-state index contributed by atoms with van der Waals surface area (Å²) in [5.74, 6) is 0. The molecule has 1 aromatic rings. The van der Waals surface area contributed by atoms with Gasteiger partial charge in [-0.25, -0.2) is 0 Å². The van der Waals surface area contributed by atoms with Gasteiger partial charge in [-0.2, -0.15) is 0 Å². The molecule has 0 unspecified atom stereocenters. The van der Waals surface area contributed by atoms with E-state index in [1.807, 2.05) is 33.8 Å². The van der Waals surface area contributed by atoms with Crippen LogP contribution < -0.4 is 0 Å². The van der Waals surface area contributed by atoms with Crippen molar-refractivity contribution in [2.24, 2.45) is 0 Å². The van der Waals surface area contributed by atoms with Gasteiger partial charge in [0.2, 0.25) is 0 Å². The van der Waals surface area contributed by atoms with E-state index in [0.29, 0.717) is 0 Å². The topological polar surface area (TPSA) is 23.1 Å². The molecule has 2 heterocycles. The number of rotatable bonds is 1. The molecule has 1 aliphatic heterocycles. The first kappa shape index (κ1) is 11.2. The molecule has 0 saturated carbocycles. The molecule has 0 fully saturated rings. The Bertz CT molecular complexity index is 384.